The number of aryl methyl sites for hydroxylation is 1. The van der Waals surface area contributed by atoms with Crippen LogP contribution in [0.5, 0.6) is 5.75 Å². The van der Waals surface area contributed by atoms with Gasteiger partial charge in [-0.15, -0.1) is 11.8 Å². The van der Waals surface area contributed by atoms with Crippen LogP contribution in [0.2, 0.25) is 0 Å². The van der Waals surface area contributed by atoms with E-state index in [1.807, 2.05) is 11.8 Å². The number of hydrogen-bond acceptors (Lipinski definition) is 4. The number of rotatable bonds is 2. The monoisotopic (exact) mass is 390 g/mol. The second-order valence-electron chi connectivity index (χ2n) is 8.29. The molecule has 3 aliphatic rings. The number of piperidine rings is 1. The Morgan fingerprint density at radius 3 is 2.71 bits per heavy atom. The lowest BCUT2D eigenvalue weighted by Crippen LogP contribution is -2.34. The summed E-state index contributed by atoms with van der Waals surface area (Å²) in [5, 5.41) is 10.1. The Morgan fingerprint density at radius 2 is 1.96 bits per heavy atom. The van der Waals surface area contributed by atoms with E-state index in [1.54, 1.807) is 7.11 Å². The molecule has 0 N–H and O–H groups in total. The Balaban J connectivity index is 1.74. The van der Waals surface area contributed by atoms with Crippen LogP contribution in [0.15, 0.2) is 23.1 Å². The summed E-state index contributed by atoms with van der Waals surface area (Å²) < 4.78 is 5.47. The lowest BCUT2D eigenvalue weighted by atomic mass is 9.80. The molecule has 2 aliphatic heterocycles. The Hall–Kier alpha value is -2.12. The minimum atomic E-state index is 0.788. The summed E-state index contributed by atoms with van der Waals surface area (Å²) >= 11 is 1.94. The minimum Gasteiger partial charge on any atom is -0.497 e. The average molecular weight is 391 g/mol. The summed E-state index contributed by atoms with van der Waals surface area (Å²) in [5.41, 5.74) is 9.07. The van der Waals surface area contributed by atoms with Crippen molar-refractivity contribution in [2.24, 2.45) is 5.92 Å². The maximum absolute atomic E-state index is 10.1. The second kappa shape index (κ2) is 7.04. The number of methoxy groups -OCH3 is 1. The Kier molecular flexibility index (Phi) is 4.51. The molecule has 0 saturated carbocycles. The van der Waals surface area contributed by atoms with Crippen LogP contribution in [0.25, 0.3) is 11.1 Å². The molecule has 2 aromatic rings. The largest absolute Gasteiger partial charge is 0.497 e. The number of nitrogens with zero attached hydrogens (tertiary/aromatic N) is 2. The molecular weight excluding hydrogens is 364 g/mol. The van der Waals surface area contributed by atoms with Crippen LogP contribution < -0.4 is 9.64 Å². The van der Waals surface area contributed by atoms with Crippen LogP contribution >= 0.6 is 11.8 Å². The highest BCUT2D eigenvalue weighted by molar-refractivity contribution is 7.99. The first-order chi connectivity index (χ1) is 13.7. The highest BCUT2D eigenvalue weighted by Crippen LogP contribution is 2.51. The first kappa shape index (κ1) is 17.9. The Labute approximate surface area is 171 Å². The third-order valence-electron chi connectivity index (χ3n) is 6.66. The predicted molar refractivity (Wildman–Crippen MR) is 116 cm³/mol. The van der Waals surface area contributed by atoms with Gasteiger partial charge in [-0.2, -0.15) is 5.26 Å². The zero-order valence-electron chi connectivity index (χ0n) is 16.7. The van der Waals surface area contributed by atoms with E-state index >= 15 is 0 Å². The van der Waals surface area contributed by atoms with E-state index in [2.05, 4.69) is 36.1 Å². The molecule has 1 aliphatic carbocycles. The van der Waals surface area contributed by atoms with Gasteiger partial charge in [0.15, 0.2) is 0 Å². The van der Waals surface area contributed by atoms with Crippen LogP contribution in [-0.2, 0) is 19.3 Å². The minimum absolute atomic E-state index is 0.788. The third kappa shape index (κ3) is 2.71. The molecule has 0 amide bonds. The molecule has 0 atom stereocenters. The Morgan fingerprint density at radius 1 is 1.14 bits per heavy atom. The molecule has 28 heavy (non-hydrogen) atoms. The molecule has 3 nitrogen and oxygen atoms in total. The van der Waals surface area contributed by atoms with Gasteiger partial charge in [-0.3, -0.25) is 0 Å². The highest BCUT2D eigenvalue weighted by Gasteiger charge is 2.33. The second-order valence-corrected chi connectivity index (χ2v) is 9.39. The molecule has 2 heterocycles. The maximum atomic E-state index is 10.1. The number of ether oxygens (including phenoxy) is 1. The van der Waals surface area contributed by atoms with E-state index in [0.717, 1.165) is 55.3 Å². The van der Waals surface area contributed by atoms with E-state index < -0.39 is 0 Å². The van der Waals surface area contributed by atoms with E-state index in [-0.39, 0.29) is 0 Å². The van der Waals surface area contributed by atoms with Gasteiger partial charge >= 0.3 is 0 Å². The summed E-state index contributed by atoms with van der Waals surface area (Å²) in [6, 6.07) is 9.14. The fourth-order valence-electron chi connectivity index (χ4n) is 5.10. The van der Waals surface area contributed by atoms with Crippen molar-refractivity contribution in [3.63, 3.8) is 0 Å². The van der Waals surface area contributed by atoms with Gasteiger partial charge in [-0.25, -0.2) is 0 Å². The molecule has 0 radical (unpaired) electrons. The van der Waals surface area contributed by atoms with Crippen molar-refractivity contribution in [2.75, 3.05) is 30.9 Å². The number of fused-ring (bicyclic) bond motifs is 5. The average Bonchev–Trinajstić information content (AvgIpc) is 3.22. The van der Waals surface area contributed by atoms with Gasteiger partial charge in [-0.05, 0) is 72.4 Å². The first-order valence-corrected chi connectivity index (χ1v) is 11.4. The van der Waals surface area contributed by atoms with Crippen molar-refractivity contribution in [1.29, 1.82) is 5.26 Å². The van der Waals surface area contributed by atoms with E-state index in [9.17, 15) is 5.26 Å². The molecule has 1 saturated heterocycles. The normalized spacial score (nSPS) is 18.2. The SMILES string of the molecule is COc1ccc2c(c1)CCc1c-2c2c(c(C#N)c1N1CCC(C)CC1)CCS2. The van der Waals surface area contributed by atoms with Crippen LogP contribution in [0, 0.1) is 17.2 Å². The summed E-state index contributed by atoms with van der Waals surface area (Å²) in [4.78, 5) is 3.89. The number of hydrogen-bond donors (Lipinski definition) is 0. The fourth-order valence-corrected chi connectivity index (χ4v) is 6.37. The van der Waals surface area contributed by atoms with Gasteiger partial charge in [-0.1, -0.05) is 13.0 Å². The van der Waals surface area contributed by atoms with Crippen LogP contribution in [0.3, 0.4) is 0 Å². The number of thioether (sulfide) groups is 1. The van der Waals surface area contributed by atoms with Gasteiger partial charge in [0.25, 0.3) is 0 Å². The molecule has 0 bridgehead atoms. The summed E-state index contributed by atoms with van der Waals surface area (Å²) in [6.07, 6.45) is 5.49. The van der Waals surface area contributed by atoms with Crippen molar-refractivity contribution < 1.29 is 4.74 Å². The van der Waals surface area contributed by atoms with Gasteiger partial charge in [0.2, 0.25) is 0 Å². The van der Waals surface area contributed by atoms with Gasteiger partial charge < -0.3 is 9.64 Å². The molecule has 144 valence electrons. The van der Waals surface area contributed by atoms with Crippen LogP contribution in [0.1, 0.15) is 42.0 Å². The van der Waals surface area contributed by atoms with Gasteiger partial charge in [0.1, 0.15) is 11.8 Å². The summed E-state index contributed by atoms with van der Waals surface area (Å²) in [6.45, 7) is 4.49. The predicted octanol–water partition coefficient (Wildman–Crippen LogP) is 5.22. The van der Waals surface area contributed by atoms with E-state index in [1.165, 1.54) is 51.2 Å². The van der Waals surface area contributed by atoms with Crippen LogP contribution in [-0.4, -0.2) is 26.0 Å². The fraction of sp³-hybridized carbons (Fsp3) is 0.458. The topological polar surface area (TPSA) is 36.3 Å². The lowest BCUT2D eigenvalue weighted by molar-refractivity contribution is 0.414. The van der Waals surface area contributed by atoms with Gasteiger partial charge in [0, 0.05) is 29.3 Å². The quantitative estimate of drug-likeness (QED) is 0.705. The molecule has 2 aromatic carbocycles. The standard InChI is InChI=1S/C24H26N2OS/c1-15-7-10-26(11-8-15)23-20-5-3-16-13-17(27-2)4-6-18(16)22(20)24-19(9-12-28-24)21(23)14-25/h4,6,13,15H,3,5,7-12H2,1-2H3. The summed E-state index contributed by atoms with van der Waals surface area (Å²) in [7, 11) is 1.74. The van der Waals surface area contributed by atoms with Crippen molar-refractivity contribution >= 4 is 17.4 Å². The molecular formula is C24H26N2OS. The molecule has 0 spiro atoms. The van der Waals surface area contributed by atoms with Gasteiger partial charge in [0.05, 0.1) is 18.4 Å². The Bertz CT molecular complexity index is 983. The van der Waals surface area contributed by atoms with Crippen molar-refractivity contribution in [3.8, 4) is 22.9 Å². The first-order valence-electron chi connectivity index (χ1n) is 10.4. The lowest BCUT2D eigenvalue weighted by Gasteiger charge is -2.37. The van der Waals surface area contributed by atoms with Crippen molar-refractivity contribution in [1.82, 2.24) is 0 Å². The molecule has 1 fully saturated rings. The number of nitriles is 1. The van der Waals surface area contributed by atoms with Crippen LogP contribution in [0.4, 0.5) is 5.69 Å². The van der Waals surface area contributed by atoms with E-state index in [4.69, 9.17) is 4.74 Å². The smallest absolute Gasteiger partial charge is 0.119 e. The third-order valence-corrected chi connectivity index (χ3v) is 7.81. The molecule has 0 unspecified atom stereocenters. The molecule has 5 rings (SSSR count). The molecule has 4 heteroatoms. The zero-order valence-corrected chi connectivity index (χ0v) is 17.5. The summed E-state index contributed by atoms with van der Waals surface area (Å²) in [5.74, 6) is 2.81. The maximum Gasteiger partial charge on any atom is 0.119 e. The van der Waals surface area contributed by atoms with E-state index in [0.29, 0.717) is 0 Å². The van der Waals surface area contributed by atoms with Crippen molar-refractivity contribution in [2.45, 2.75) is 43.9 Å². The molecule has 0 aromatic heterocycles. The number of benzene rings is 2. The number of anilines is 1. The van der Waals surface area contributed by atoms with Crippen molar-refractivity contribution in [3.05, 3.63) is 40.5 Å². The highest BCUT2D eigenvalue weighted by atomic mass is 32.2. The zero-order chi connectivity index (χ0) is 19.3.